The Morgan fingerprint density at radius 1 is 1.11 bits per heavy atom. The first kappa shape index (κ1) is 21.0. The highest BCUT2D eigenvalue weighted by molar-refractivity contribution is 9.24. The average Bonchev–Trinajstić information content (AvgIpc) is 3.17. The predicted molar refractivity (Wildman–Crippen MR) is 124 cm³/mol. The van der Waals surface area contributed by atoms with Crippen molar-refractivity contribution in [3.8, 4) is 5.75 Å². The molecule has 7 heteroatoms. The SMILES string of the molecule is COc1ccc(N2CCN(C(=O)[C@@]34CC[C@@](C(Br)Br)([C@H]3Br)C4(C)C)CC2)cc1. The zero-order valence-electron chi connectivity index (χ0n) is 16.6. The minimum atomic E-state index is -0.297. The van der Waals surface area contributed by atoms with Crippen molar-refractivity contribution in [2.45, 2.75) is 35.3 Å². The molecular weight excluding hydrogens is 552 g/mol. The van der Waals surface area contributed by atoms with E-state index in [4.69, 9.17) is 4.74 Å². The Kier molecular flexibility index (Phi) is 5.36. The fraction of sp³-hybridized carbons (Fsp3) is 0.667. The van der Waals surface area contributed by atoms with Crippen molar-refractivity contribution in [2.24, 2.45) is 16.2 Å². The van der Waals surface area contributed by atoms with Crippen LogP contribution in [0.25, 0.3) is 0 Å². The van der Waals surface area contributed by atoms with Crippen molar-refractivity contribution in [3.63, 3.8) is 0 Å². The van der Waals surface area contributed by atoms with Crippen LogP contribution in [0.3, 0.4) is 0 Å². The molecule has 1 amide bonds. The van der Waals surface area contributed by atoms with Crippen molar-refractivity contribution in [1.82, 2.24) is 4.90 Å². The molecule has 1 aromatic carbocycles. The summed E-state index contributed by atoms with van der Waals surface area (Å²) in [4.78, 5) is 18.4. The summed E-state index contributed by atoms with van der Waals surface area (Å²) in [5.41, 5.74) is 0.924. The smallest absolute Gasteiger partial charge is 0.230 e. The van der Waals surface area contributed by atoms with Gasteiger partial charge in [0.2, 0.25) is 5.91 Å². The number of hydrogen-bond acceptors (Lipinski definition) is 3. The summed E-state index contributed by atoms with van der Waals surface area (Å²) in [6.45, 7) is 7.85. The lowest BCUT2D eigenvalue weighted by molar-refractivity contribution is -0.173. The van der Waals surface area contributed by atoms with Gasteiger partial charge in [-0.3, -0.25) is 4.79 Å². The van der Waals surface area contributed by atoms with Gasteiger partial charge in [-0.15, -0.1) is 0 Å². The highest BCUT2D eigenvalue weighted by atomic mass is 79.9. The molecule has 1 aliphatic heterocycles. The Morgan fingerprint density at radius 3 is 2.18 bits per heavy atom. The number of carbonyl (C=O) groups is 1. The third-order valence-corrected chi connectivity index (χ3v) is 11.1. The van der Waals surface area contributed by atoms with Gasteiger partial charge in [0.1, 0.15) is 5.75 Å². The van der Waals surface area contributed by atoms with E-state index in [0.29, 0.717) is 5.91 Å². The fourth-order valence-corrected chi connectivity index (χ4v) is 10.8. The molecule has 3 aliphatic carbocycles. The summed E-state index contributed by atoms with van der Waals surface area (Å²) in [5, 5.41) is 0. The minimum absolute atomic E-state index is 0.0456. The molecule has 0 N–H and O–H groups in total. The fourth-order valence-electron chi connectivity index (χ4n) is 5.91. The largest absolute Gasteiger partial charge is 0.497 e. The molecule has 154 valence electrons. The van der Waals surface area contributed by atoms with Crippen molar-refractivity contribution in [3.05, 3.63) is 24.3 Å². The van der Waals surface area contributed by atoms with Gasteiger partial charge in [0.15, 0.2) is 0 Å². The van der Waals surface area contributed by atoms with Gasteiger partial charge in [-0.2, -0.15) is 0 Å². The molecular formula is C21H27Br3N2O2. The van der Waals surface area contributed by atoms with Gasteiger partial charge in [-0.1, -0.05) is 61.6 Å². The van der Waals surface area contributed by atoms with Gasteiger partial charge in [-0.05, 0) is 42.5 Å². The molecule has 0 unspecified atom stereocenters. The number of hydrogen-bond donors (Lipinski definition) is 0. The number of amides is 1. The highest BCUT2D eigenvalue weighted by Crippen LogP contribution is 2.82. The van der Waals surface area contributed by atoms with E-state index in [-0.39, 0.29) is 24.8 Å². The molecule has 0 radical (unpaired) electrons. The van der Waals surface area contributed by atoms with Crippen LogP contribution in [0.1, 0.15) is 26.7 Å². The van der Waals surface area contributed by atoms with Gasteiger partial charge >= 0.3 is 0 Å². The van der Waals surface area contributed by atoms with Crippen molar-refractivity contribution >= 4 is 59.4 Å². The Labute approximate surface area is 192 Å². The maximum atomic E-state index is 13.7. The number of piperazine rings is 1. The van der Waals surface area contributed by atoms with E-state index in [9.17, 15) is 4.79 Å². The number of carbonyl (C=O) groups excluding carboxylic acids is 1. The first-order valence-electron chi connectivity index (χ1n) is 9.83. The zero-order chi connectivity index (χ0) is 20.3. The Morgan fingerprint density at radius 2 is 1.71 bits per heavy atom. The van der Waals surface area contributed by atoms with E-state index in [1.165, 1.54) is 5.69 Å². The highest BCUT2D eigenvalue weighted by Gasteiger charge is 2.83. The molecule has 1 saturated heterocycles. The number of methoxy groups -OCH3 is 1. The minimum Gasteiger partial charge on any atom is -0.497 e. The standard InChI is InChI=1S/C21H27Br3N2O2/c1-19(2)20(17(23)24)8-9-21(19,16(20)22)18(27)26-12-10-25(11-13-26)14-4-6-15(28-3)7-5-14/h4-7,16-17H,8-13H2,1-3H3/t16-,20+,21-/m1/s1. The molecule has 1 aromatic rings. The molecule has 4 fully saturated rings. The van der Waals surface area contributed by atoms with Crippen molar-refractivity contribution in [2.75, 3.05) is 38.2 Å². The summed E-state index contributed by atoms with van der Waals surface area (Å²) in [5.74, 6) is 1.20. The Balaban J connectivity index is 1.46. The number of halogens is 3. The second-order valence-corrected chi connectivity index (χ2v) is 12.8. The Hall–Kier alpha value is -0.270. The maximum Gasteiger partial charge on any atom is 0.230 e. The predicted octanol–water partition coefficient (Wildman–Crippen LogP) is 5.03. The molecule has 4 aliphatic rings. The summed E-state index contributed by atoms with van der Waals surface area (Å²) in [6, 6.07) is 8.17. The summed E-state index contributed by atoms with van der Waals surface area (Å²) >= 11 is 11.5. The van der Waals surface area contributed by atoms with Crippen LogP contribution in [-0.4, -0.2) is 52.7 Å². The number of benzene rings is 1. The molecule has 1 heterocycles. The van der Waals surface area contributed by atoms with E-state index < -0.39 is 0 Å². The number of alkyl halides is 3. The molecule has 4 nitrogen and oxygen atoms in total. The average molecular weight is 579 g/mol. The van der Waals surface area contributed by atoms with Crippen LogP contribution in [0.5, 0.6) is 5.75 Å². The topological polar surface area (TPSA) is 32.8 Å². The number of fused-ring (bicyclic) bond motifs is 1. The van der Waals surface area contributed by atoms with Crippen LogP contribution < -0.4 is 9.64 Å². The maximum absolute atomic E-state index is 13.7. The van der Waals surface area contributed by atoms with Crippen LogP contribution in [-0.2, 0) is 4.79 Å². The molecule has 28 heavy (non-hydrogen) atoms. The summed E-state index contributed by atoms with van der Waals surface area (Å²) in [6.07, 6.45) is 2.02. The normalized spacial score (nSPS) is 33.8. The molecule has 0 aromatic heterocycles. The van der Waals surface area contributed by atoms with E-state index in [1.807, 2.05) is 12.1 Å². The second-order valence-electron chi connectivity index (χ2n) is 8.78. The van der Waals surface area contributed by atoms with Gasteiger partial charge in [0, 0.05) is 42.1 Å². The third-order valence-electron chi connectivity index (χ3n) is 7.87. The van der Waals surface area contributed by atoms with Gasteiger partial charge in [0.05, 0.1) is 16.3 Å². The second kappa shape index (κ2) is 7.16. The van der Waals surface area contributed by atoms with Crippen LogP contribution in [0, 0.1) is 16.2 Å². The quantitative estimate of drug-likeness (QED) is 0.470. The molecule has 3 saturated carbocycles. The van der Waals surface area contributed by atoms with E-state index in [0.717, 1.165) is 44.8 Å². The van der Waals surface area contributed by atoms with Crippen LogP contribution >= 0.6 is 47.8 Å². The van der Waals surface area contributed by atoms with Gasteiger partial charge in [0.25, 0.3) is 0 Å². The summed E-state index contributed by atoms with van der Waals surface area (Å²) in [7, 11) is 1.68. The van der Waals surface area contributed by atoms with Gasteiger partial charge in [-0.25, -0.2) is 0 Å². The first-order chi connectivity index (χ1) is 13.2. The lowest BCUT2D eigenvalue weighted by Gasteiger charge is -2.67. The van der Waals surface area contributed by atoms with Gasteiger partial charge < -0.3 is 14.5 Å². The van der Waals surface area contributed by atoms with E-state index in [1.54, 1.807) is 7.11 Å². The Bertz CT molecular complexity index is 761. The van der Waals surface area contributed by atoms with E-state index in [2.05, 4.69) is 83.6 Å². The molecule has 2 bridgehead atoms. The zero-order valence-corrected chi connectivity index (χ0v) is 21.3. The number of nitrogens with zero attached hydrogens (tertiary/aromatic N) is 2. The van der Waals surface area contributed by atoms with E-state index >= 15 is 0 Å². The van der Waals surface area contributed by atoms with Crippen molar-refractivity contribution < 1.29 is 9.53 Å². The molecule has 5 rings (SSSR count). The molecule has 3 atom stereocenters. The van der Waals surface area contributed by atoms with Crippen molar-refractivity contribution in [1.29, 1.82) is 0 Å². The monoisotopic (exact) mass is 576 g/mol. The van der Waals surface area contributed by atoms with Crippen LogP contribution in [0.2, 0.25) is 0 Å². The third kappa shape index (κ3) is 2.54. The van der Waals surface area contributed by atoms with Crippen LogP contribution in [0.4, 0.5) is 5.69 Å². The summed E-state index contributed by atoms with van der Waals surface area (Å²) < 4.78 is 5.46. The van der Waals surface area contributed by atoms with Crippen LogP contribution in [0.15, 0.2) is 24.3 Å². The lowest BCUT2D eigenvalue weighted by Crippen LogP contribution is -2.73. The number of anilines is 1. The lowest BCUT2D eigenvalue weighted by atomic mass is 9.43. The first-order valence-corrected chi connectivity index (χ1v) is 12.6. The number of rotatable bonds is 4. The molecule has 0 spiro atoms. The number of ether oxygens (including phenoxy) is 1.